The van der Waals surface area contributed by atoms with Crippen molar-refractivity contribution in [2.45, 2.75) is 32.9 Å². The number of hydrogen-bond acceptors (Lipinski definition) is 6. The van der Waals surface area contributed by atoms with Gasteiger partial charge in [-0.3, -0.25) is 25.1 Å². The monoisotopic (exact) mass is 530 g/mol. The molecule has 4 rings (SSSR count). The number of rotatable bonds is 7. The zero-order valence-corrected chi connectivity index (χ0v) is 22.4. The molecule has 1 amide bonds. The van der Waals surface area contributed by atoms with Crippen LogP contribution in [0.15, 0.2) is 76.7 Å². The molecule has 0 spiro atoms. The maximum atomic E-state index is 12.7. The molecule has 0 saturated heterocycles. The minimum atomic E-state index is -0.607. The number of nitrogens with two attached hydrogens (primary N) is 1. The summed E-state index contributed by atoms with van der Waals surface area (Å²) in [5.74, 6) is 1.28. The van der Waals surface area contributed by atoms with E-state index in [0.29, 0.717) is 41.2 Å². The smallest absolute Gasteiger partial charge is 0.222 e. The molecule has 1 atom stereocenters. The fraction of sp³-hybridized carbons (Fsp3) is 0.241. The van der Waals surface area contributed by atoms with E-state index in [-0.39, 0.29) is 18.2 Å². The summed E-state index contributed by atoms with van der Waals surface area (Å²) in [6.45, 7) is 4.44. The molecule has 0 unspecified atom stereocenters. The highest BCUT2D eigenvalue weighted by atomic mass is 35.5. The molecule has 0 radical (unpaired) electrons. The van der Waals surface area contributed by atoms with Crippen LogP contribution in [0.4, 0.5) is 11.4 Å². The number of carbonyl (C=O) groups excluding carboxylic acids is 1. The predicted molar refractivity (Wildman–Crippen MR) is 155 cm³/mol. The number of carbonyl (C=O) groups is 1. The number of benzene rings is 3. The van der Waals surface area contributed by atoms with E-state index in [1.807, 2.05) is 61.5 Å². The van der Waals surface area contributed by atoms with Gasteiger partial charge in [0, 0.05) is 35.4 Å². The highest BCUT2D eigenvalue weighted by molar-refractivity contribution is 6.31. The van der Waals surface area contributed by atoms with Crippen LogP contribution in [0.2, 0.25) is 5.02 Å². The van der Waals surface area contributed by atoms with Crippen molar-refractivity contribution in [2.75, 3.05) is 24.2 Å². The number of halogens is 1. The first-order valence-corrected chi connectivity index (χ1v) is 12.7. The van der Waals surface area contributed by atoms with Gasteiger partial charge in [0.2, 0.25) is 5.91 Å². The van der Waals surface area contributed by atoms with Crippen molar-refractivity contribution in [3.63, 3.8) is 0 Å². The van der Waals surface area contributed by atoms with Gasteiger partial charge >= 0.3 is 0 Å². The normalized spacial score (nSPS) is 15.9. The summed E-state index contributed by atoms with van der Waals surface area (Å²) in [4.78, 5) is 24.0. The summed E-state index contributed by atoms with van der Waals surface area (Å²) >= 11 is 6.18. The number of amides is 1. The first-order valence-electron chi connectivity index (χ1n) is 12.3. The van der Waals surface area contributed by atoms with Crippen molar-refractivity contribution in [3.05, 3.63) is 88.4 Å². The molecule has 1 aliphatic heterocycles. The van der Waals surface area contributed by atoms with Crippen molar-refractivity contribution in [2.24, 2.45) is 9.98 Å². The first kappa shape index (κ1) is 26.9. The number of hydrogen-bond donors (Lipinski definition) is 3. The average Bonchev–Trinajstić information content (AvgIpc) is 3.03. The van der Waals surface area contributed by atoms with Crippen LogP contribution in [-0.2, 0) is 11.4 Å². The summed E-state index contributed by atoms with van der Waals surface area (Å²) in [7, 11) is 1.66. The number of aliphatic imine (C=N–C) groups is 2. The molecule has 9 heteroatoms. The maximum absolute atomic E-state index is 12.7. The molecule has 38 heavy (non-hydrogen) atoms. The Morgan fingerprint density at radius 1 is 1.16 bits per heavy atom. The number of fused-ring (bicyclic) bond motifs is 1. The Kier molecular flexibility index (Phi) is 8.43. The molecule has 3 aromatic carbocycles. The molecule has 3 aromatic rings. The number of benzodiazepines with no additional fused rings is 1. The van der Waals surface area contributed by atoms with Crippen LogP contribution in [0, 0.1) is 5.41 Å². The summed E-state index contributed by atoms with van der Waals surface area (Å²) < 4.78 is 6.13. The Hall–Kier alpha value is -4.17. The zero-order valence-electron chi connectivity index (χ0n) is 21.7. The van der Waals surface area contributed by atoms with Crippen LogP contribution >= 0.6 is 11.6 Å². The molecular formula is C29H31ClN6O2. The molecule has 0 saturated carbocycles. The van der Waals surface area contributed by atoms with Gasteiger partial charge in [0.05, 0.1) is 17.8 Å². The van der Waals surface area contributed by atoms with Crippen molar-refractivity contribution >= 4 is 46.3 Å². The Morgan fingerprint density at radius 2 is 1.87 bits per heavy atom. The SMILES string of the molecule is CCNC(=O)C[C@@H]1N=C(c2ccc(Cl)cc2)c2cc(OCc3ccc(N)cc3)ccc2N(C(C)=N)/C1=N\C. The summed E-state index contributed by atoms with van der Waals surface area (Å²) in [6, 6.07) is 20.0. The molecule has 8 nitrogen and oxygen atoms in total. The van der Waals surface area contributed by atoms with Crippen LogP contribution in [0.25, 0.3) is 0 Å². The first-order chi connectivity index (χ1) is 18.3. The number of nitrogens with one attached hydrogen (secondary N) is 2. The highest BCUT2D eigenvalue weighted by Crippen LogP contribution is 2.33. The second-order valence-corrected chi connectivity index (χ2v) is 9.31. The molecule has 0 aliphatic carbocycles. The Morgan fingerprint density at radius 3 is 2.50 bits per heavy atom. The van der Waals surface area contributed by atoms with Crippen molar-refractivity contribution < 1.29 is 9.53 Å². The average molecular weight is 531 g/mol. The molecular weight excluding hydrogens is 500 g/mol. The molecule has 0 aromatic heterocycles. The number of anilines is 2. The molecule has 0 bridgehead atoms. The van der Waals surface area contributed by atoms with E-state index in [0.717, 1.165) is 22.4 Å². The van der Waals surface area contributed by atoms with Crippen molar-refractivity contribution in [1.29, 1.82) is 5.41 Å². The van der Waals surface area contributed by atoms with Crippen LogP contribution in [-0.4, -0.2) is 42.9 Å². The summed E-state index contributed by atoms with van der Waals surface area (Å²) in [6.07, 6.45) is 0.0931. The molecule has 196 valence electrons. The molecule has 1 heterocycles. The van der Waals surface area contributed by atoms with E-state index in [1.54, 1.807) is 31.0 Å². The van der Waals surface area contributed by atoms with Gasteiger partial charge in [0.15, 0.2) is 0 Å². The van der Waals surface area contributed by atoms with Crippen LogP contribution in [0.1, 0.15) is 37.0 Å². The molecule has 0 fully saturated rings. The molecule has 1 aliphatic rings. The Bertz CT molecular complexity index is 1380. The van der Waals surface area contributed by atoms with E-state index < -0.39 is 6.04 Å². The van der Waals surface area contributed by atoms with Gasteiger partial charge in [-0.1, -0.05) is 35.9 Å². The zero-order chi connectivity index (χ0) is 27.2. The maximum Gasteiger partial charge on any atom is 0.222 e. The fourth-order valence-electron chi connectivity index (χ4n) is 4.35. The highest BCUT2D eigenvalue weighted by Gasteiger charge is 2.33. The minimum absolute atomic E-state index is 0.0931. The Balaban J connectivity index is 1.84. The predicted octanol–water partition coefficient (Wildman–Crippen LogP) is 5.08. The van der Waals surface area contributed by atoms with Crippen molar-refractivity contribution in [3.8, 4) is 5.75 Å². The number of amidine groups is 2. The topological polar surface area (TPSA) is 116 Å². The quantitative estimate of drug-likeness (QED) is 0.224. The lowest BCUT2D eigenvalue weighted by molar-refractivity contribution is -0.121. The van der Waals surface area contributed by atoms with E-state index in [4.69, 9.17) is 32.5 Å². The van der Waals surface area contributed by atoms with Gasteiger partial charge < -0.3 is 15.8 Å². The lowest BCUT2D eigenvalue weighted by Gasteiger charge is -2.27. The Labute approximate surface area is 227 Å². The molecule has 4 N–H and O–H groups in total. The van der Waals surface area contributed by atoms with Crippen LogP contribution in [0.3, 0.4) is 0 Å². The van der Waals surface area contributed by atoms with Gasteiger partial charge in [-0.2, -0.15) is 0 Å². The largest absolute Gasteiger partial charge is 0.489 e. The van der Waals surface area contributed by atoms with E-state index >= 15 is 0 Å². The fourth-order valence-corrected chi connectivity index (χ4v) is 4.47. The van der Waals surface area contributed by atoms with Gasteiger partial charge in [0.1, 0.15) is 30.1 Å². The van der Waals surface area contributed by atoms with Gasteiger partial charge in [-0.15, -0.1) is 0 Å². The second kappa shape index (κ2) is 11.9. The van der Waals surface area contributed by atoms with E-state index in [9.17, 15) is 4.79 Å². The lowest BCUT2D eigenvalue weighted by Crippen LogP contribution is -2.43. The van der Waals surface area contributed by atoms with Crippen LogP contribution < -0.4 is 20.7 Å². The van der Waals surface area contributed by atoms with Crippen molar-refractivity contribution in [1.82, 2.24) is 5.32 Å². The van der Waals surface area contributed by atoms with E-state index in [2.05, 4.69) is 10.3 Å². The van der Waals surface area contributed by atoms with Gasteiger partial charge in [0.25, 0.3) is 0 Å². The second-order valence-electron chi connectivity index (χ2n) is 8.87. The minimum Gasteiger partial charge on any atom is -0.489 e. The number of nitrogens with zero attached hydrogens (tertiary/aromatic N) is 3. The lowest BCUT2D eigenvalue weighted by atomic mass is 9.99. The number of nitrogen functional groups attached to an aromatic ring is 1. The van der Waals surface area contributed by atoms with Gasteiger partial charge in [-0.05, 0) is 61.9 Å². The third-order valence-electron chi connectivity index (χ3n) is 6.10. The third-order valence-corrected chi connectivity index (χ3v) is 6.35. The standard InChI is InChI=1S/C29H31ClN6O2/c1-4-34-27(37)16-25-29(33-3)36(18(2)31)26-14-13-23(38-17-19-5-11-22(32)12-6-19)15-24(26)28(35-25)20-7-9-21(30)10-8-20/h5-15,25,31H,4,16-17,32H2,1-3H3,(H,34,37)/b31-18?,33-29-/t25-/m0/s1. The number of ether oxygens (including phenoxy) is 1. The summed E-state index contributed by atoms with van der Waals surface area (Å²) in [5.41, 5.74) is 10.5. The summed E-state index contributed by atoms with van der Waals surface area (Å²) in [5, 5.41) is 12.1. The van der Waals surface area contributed by atoms with E-state index in [1.165, 1.54) is 0 Å². The van der Waals surface area contributed by atoms with Gasteiger partial charge in [-0.25, -0.2) is 0 Å². The van der Waals surface area contributed by atoms with Crippen LogP contribution in [0.5, 0.6) is 5.75 Å². The third kappa shape index (κ3) is 6.03.